The number of carbonyl (C=O) groups excluding carboxylic acids is 1. The van der Waals surface area contributed by atoms with E-state index < -0.39 is 0 Å². The molecule has 0 aliphatic rings. The summed E-state index contributed by atoms with van der Waals surface area (Å²) in [5.41, 5.74) is 6.36. The maximum atomic E-state index is 11.3. The molecule has 3 N–H and O–H groups in total. The van der Waals surface area contributed by atoms with Gasteiger partial charge >= 0.3 is 0 Å². The highest BCUT2D eigenvalue weighted by atomic mass is 32.2. The maximum absolute atomic E-state index is 11.3. The van der Waals surface area contributed by atoms with Crippen LogP contribution in [0.5, 0.6) is 0 Å². The second-order valence-electron chi connectivity index (χ2n) is 3.58. The predicted octanol–water partition coefficient (Wildman–Crippen LogP) is 1.89. The van der Waals surface area contributed by atoms with Crippen molar-refractivity contribution in [1.29, 1.82) is 0 Å². The maximum Gasteiger partial charge on any atom is 0.230 e. The van der Waals surface area contributed by atoms with E-state index in [4.69, 9.17) is 5.73 Å². The molecule has 0 aliphatic heterocycles. The summed E-state index contributed by atoms with van der Waals surface area (Å²) < 4.78 is 0. The minimum absolute atomic E-state index is 0.0532. The molecule has 0 fully saturated rings. The molecule has 0 bridgehead atoms. The fourth-order valence-electron chi connectivity index (χ4n) is 1.12. The minimum atomic E-state index is 0.0532. The largest absolute Gasteiger partial charge is 0.399 e. The fraction of sp³-hybridized carbons (Fsp3) is 0.364. The summed E-state index contributed by atoms with van der Waals surface area (Å²) in [6, 6.07) is 7.73. The molecule has 4 heteroatoms. The summed E-state index contributed by atoms with van der Waals surface area (Å²) in [6.07, 6.45) is 0. The van der Waals surface area contributed by atoms with E-state index in [2.05, 4.69) is 5.32 Å². The summed E-state index contributed by atoms with van der Waals surface area (Å²) in [4.78, 5) is 12.4. The predicted molar refractivity (Wildman–Crippen MR) is 64.9 cm³/mol. The zero-order valence-corrected chi connectivity index (χ0v) is 9.80. The molecule has 1 rings (SSSR count). The Morgan fingerprint density at radius 2 is 2.27 bits per heavy atom. The molecule has 1 aromatic carbocycles. The molecule has 82 valence electrons. The minimum Gasteiger partial charge on any atom is -0.399 e. The molecule has 0 saturated heterocycles. The molecule has 0 heterocycles. The van der Waals surface area contributed by atoms with Crippen LogP contribution in [0.25, 0.3) is 0 Å². The molecular formula is C11H16N2OS. The van der Waals surface area contributed by atoms with Crippen LogP contribution in [-0.4, -0.2) is 17.7 Å². The standard InChI is InChI=1S/C11H16N2OS/c1-8(2)13-11(14)7-15-10-5-3-4-9(12)6-10/h3-6,8H,7,12H2,1-2H3,(H,13,14). The first kappa shape index (κ1) is 11.9. The zero-order chi connectivity index (χ0) is 11.3. The molecule has 0 saturated carbocycles. The Morgan fingerprint density at radius 1 is 1.53 bits per heavy atom. The third-order valence-corrected chi connectivity index (χ3v) is 2.67. The Labute approximate surface area is 94.4 Å². The van der Waals surface area contributed by atoms with E-state index in [9.17, 15) is 4.79 Å². The number of benzene rings is 1. The Bertz CT molecular complexity index is 339. The molecule has 1 amide bonds. The van der Waals surface area contributed by atoms with Gasteiger partial charge in [0.1, 0.15) is 0 Å². The molecule has 0 aromatic heterocycles. The SMILES string of the molecule is CC(C)NC(=O)CSc1cccc(N)c1. The van der Waals surface area contributed by atoms with E-state index in [1.165, 1.54) is 11.8 Å². The van der Waals surface area contributed by atoms with E-state index in [1.807, 2.05) is 38.1 Å². The summed E-state index contributed by atoms with van der Waals surface area (Å²) >= 11 is 1.49. The number of carbonyl (C=O) groups is 1. The Kier molecular flexibility index (Phi) is 4.49. The van der Waals surface area contributed by atoms with E-state index in [0.29, 0.717) is 5.75 Å². The lowest BCUT2D eigenvalue weighted by molar-refractivity contribution is -0.119. The second kappa shape index (κ2) is 5.66. The average molecular weight is 224 g/mol. The van der Waals surface area contributed by atoms with Gasteiger partial charge in [-0.15, -0.1) is 11.8 Å². The third-order valence-electron chi connectivity index (χ3n) is 1.68. The summed E-state index contributed by atoms with van der Waals surface area (Å²) in [7, 11) is 0. The van der Waals surface area contributed by atoms with E-state index >= 15 is 0 Å². The highest BCUT2D eigenvalue weighted by Crippen LogP contribution is 2.19. The van der Waals surface area contributed by atoms with Crippen LogP contribution in [0.1, 0.15) is 13.8 Å². The monoisotopic (exact) mass is 224 g/mol. The number of nitrogen functional groups attached to an aromatic ring is 1. The number of nitrogens with two attached hydrogens (primary N) is 1. The lowest BCUT2D eigenvalue weighted by Crippen LogP contribution is -2.31. The number of nitrogens with one attached hydrogen (secondary N) is 1. The van der Waals surface area contributed by atoms with Gasteiger partial charge in [0.25, 0.3) is 0 Å². The van der Waals surface area contributed by atoms with Gasteiger partial charge in [-0.3, -0.25) is 4.79 Å². The topological polar surface area (TPSA) is 55.1 Å². The van der Waals surface area contributed by atoms with Crippen LogP contribution >= 0.6 is 11.8 Å². The Hall–Kier alpha value is -1.16. The van der Waals surface area contributed by atoms with Gasteiger partial charge in [-0.05, 0) is 32.0 Å². The van der Waals surface area contributed by atoms with Crippen LogP contribution in [-0.2, 0) is 4.79 Å². The van der Waals surface area contributed by atoms with Crippen molar-refractivity contribution in [2.75, 3.05) is 11.5 Å². The molecule has 0 radical (unpaired) electrons. The van der Waals surface area contributed by atoms with Crippen molar-refractivity contribution in [3.63, 3.8) is 0 Å². The molecule has 0 spiro atoms. The highest BCUT2D eigenvalue weighted by Gasteiger charge is 2.03. The van der Waals surface area contributed by atoms with Crippen molar-refractivity contribution in [2.24, 2.45) is 0 Å². The van der Waals surface area contributed by atoms with Crippen molar-refractivity contribution < 1.29 is 4.79 Å². The first-order chi connectivity index (χ1) is 7.08. The number of amides is 1. The van der Waals surface area contributed by atoms with Crippen LogP contribution in [0.3, 0.4) is 0 Å². The van der Waals surface area contributed by atoms with Gasteiger partial charge in [-0.25, -0.2) is 0 Å². The van der Waals surface area contributed by atoms with Crippen LogP contribution in [0, 0.1) is 0 Å². The number of rotatable bonds is 4. The van der Waals surface area contributed by atoms with Gasteiger partial charge in [0, 0.05) is 16.6 Å². The number of thioether (sulfide) groups is 1. The number of hydrogen-bond acceptors (Lipinski definition) is 3. The van der Waals surface area contributed by atoms with Crippen molar-refractivity contribution in [3.8, 4) is 0 Å². The van der Waals surface area contributed by atoms with Gasteiger partial charge in [-0.2, -0.15) is 0 Å². The van der Waals surface area contributed by atoms with Crippen LogP contribution < -0.4 is 11.1 Å². The summed E-state index contributed by atoms with van der Waals surface area (Å²) in [6.45, 7) is 3.89. The summed E-state index contributed by atoms with van der Waals surface area (Å²) in [5.74, 6) is 0.485. The van der Waals surface area contributed by atoms with Crippen molar-refractivity contribution >= 4 is 23.4 Å². The van der Waals surface area contributed by atoms with Crippen LogP contribution in [0.4, 0.5) is 5.69 Å². The van der Waals surface area contributed by atoms with Crippen LogP contribution in [0.15, 0.2) is 29.2 Å². The molecular weight excluding hydrogens is 208 g/mol. The summed E-state index contributed by atoms with van der Waals surface area (Å²) in [5, 5.41) is 2.84. The lowest BCUT2D eigenvalue weighted by atomic mass is 10.3. The molecule has 0 atom stereocenters. The molecule has 1 aromatic rings. The first-order valence-corrected chi connectivity index (χ1v) is 5.84. The Balaban J connectivity index is 2.40. The molecule has 0 unspecified atom stereocenters. The van der Waals surface area contributed by atoms with Gasteiger partial charge in [0.15, 0.2) is 0 Å². The fourth-order valence-corrected chi connectivity index (χ4v) is 1.89. The van der Waals surface area contributed by atoms with E-state index in [-0.39, 0.29) is 11.9 Å². The van der Waals surface area contributed by atoms with Crippen molar-refractivity contribution in [1.82, 2.24) is 5.32 Å². The Morgan fingerprint density at radius 3 is 2.87 bits per heavy atom. The van der Waals surface area contributed by atoms with E-state index in [0.717, 1.165) is 10.6 Å². The van der Waals surface area contributed by atoms with Gasteiger partial charge < -0.3 is 11.1 Å². The quantitative estimate of drug-likeness (QED) is 0.606. The zero-order valence-electron chi connectivity index (χ0n) is 8.99. The lowest BCUT2D eigenvalue weighted by Gasteiger charge is -2.07. The van der Waals surface area contributed by atoms with Gasteiger partial charge in [-0.1, -0.05) is 6.07 Å². The molecule has 15 heavy (non-hydrogen) atoms. The molecule has 3 nitrogen and oxygen atoms in total. The third kappa shape index (κ3) is 4.74. The van der Waals surface area contributed by atoms with Crippen molar-refractivity contribution in [3.05, 3.63) is 24.3 Å². The van der Waals surface area contributed by atoms with Crippen molar-refractivity contribution in [2.45, 2.75) is 24.8 Å². The van der Waals surface area contributed by atoms with E-state index in [1.54, 1.807) is 0 Å². The number of anilines is 1. The van der Waals surface area contributed by atoms with Crippen LogP contribution in [0.2, 0.25) is 0 Å². The number of hydrogen-bond donors (Lipinski definition) is 2. The average Bonchev–Trinajstić information content (AvgIpc) is 2.14. The second-order valence-corrected chi connectivity index (χ2v) is 4.63. The normalized spacial score (nSPS) is 10.3. The first-order valence-electron chi connectivity index (χ1n) is 4.85. The molecule has 0 aliphatic carbocycles. The van der Waals surface area contributed by atoms with Gasteiger partial charge in [0.2, 0.25) is 5.91 Å². The smallest absolute Gasteiger partial charge is 0.230 e. The van der Waals surface area contributed by atoms with Gasteiger partial charge in [0.05, 0.1) is 5.75 Å². The highest BCUT2D eigenvalue weighted by molar-refractivity contribution is 8.00.